The fourth-order valence-corrected chi connectivity index (χ4v) is 2.30. The minimum atomic E-state index is -4.61. The number of aromatic nitrogens is 1. The third-order valence-electron chi connectivity index (χ3n) is 2.37. The molecule has 3 nitrogen and oxygen atoms in total. The number of carbonyl (C=O) groups is 1. The Morgan fingerprint density at radius 2 is 1.95 bits per heavy atom. The number of carbonyl (C=O) groups excluding carboxylic acids is 1. The van der Waals surface area contributed by atoms with Gasteiger partial charge in [0.25, 0.3) is 5.91 Å². The molecule has 0 atom stereocenters. The van der Waals surface area contributed by atoms with Crippen LogP contribution < -0.4 is 5.32 Å². The van der Waals surface area contributed by atoms with Crippen molar-refractivity contribution in [1.29, 1.82) is 0 Å². The number of nitrogens with zero attached hydrogens (tertiary/aromatic N) is 1. The molecule has 8 heteroatoms. The van der Waals surface area contributed by atoms with Crippen molar-refractivity contribution >= 4 is 22.9 Å². The molecule has 0 aliphatic heterocycles. The molecule has 20 heavy (non-hydrogen) atoms. The van der Waals surface area contributed by atoms with Crippen LogP contribution in [0.3, 0.4) is 0 Å². The van der Waals surface area contributed by atoms with Gasteiger partial charge in [-0.15, -0.1) is 11.3 Å². The Morgan fingerprint density at radius 1 is 1.30 bits per heavy atom. The van der Waals surface area contributed by atoms with Crippen LogP contribution in [0.1, 0.15) is 20.4 Å². The Kier molecular flexibility index (Phi) is 3.76. The van der Waals surface area contributed by atoms with Crippen LogP contribution in [-0.2, 0) is 6.18 Å². The lowest BCUT2D eigenvalue weighted by atomic mass is 10.3. The van der Waals surface area contributed by atoms with Gasteiger partial charge in [0.05, 0.1) is 11.4 Å². The molecule has 1 aromatic heterocycles. The minimum Gasteiger partial charge on any atom is -0.319 e. The number of hydrogen-bond donors (Lipinski definition) is 1. The van der Waals surface area contributed by atoms with Gasteiger partial charge >= 0.3 is 6.18 Å². The SMILES string of the molecule is Cc1nc(C(F)(F)F)sc1C(=O)Nc1ccccc1F. The van der Waals surface area contributed by atoms with Crippen LogP contribution in [0.4, 0.5) is 23.2 Å². The predicted molar refractivity (Wildman–Crippen MR) is 66.2 cm³/mol. The number of halogens is 4. The van der Waals surface area contributed by atoms with Crippen LogP contribution in [0, 0.1) is 12.7 Å². The van der Waals surface area contributed by atoms with Gasteiger partial charge in [0.1, 0.15) is 10.7 Å². The maximum atomic E-state index is 13.4. The summed E-state index contributed by atoms with van der Waals surface area (Å²) < 4.78 is 50.8. The number of hydrogen-bond acceptors (Lipinski definition) is 3. The van der Waals surface area contributed by atoms with Gasteiger partial charge < -0.3 is 5.32 Å². The van der Waals surface area contributed by atoms with Gasteiger partial charge in [-0.05, 0) is 19.1 Å². The molecule has 0 unspecified atom stereocenters. The molecule has 1 amide bonds. The number of para-hydroxylation sites is 1. The van der Waals surface area contributed by atoms with Gasteiger partial charge in [0.2, 0.25) is 0 Å². The fourth-order valence-electron chi connectivity index (χ4n) is 1.47. The molecular formula is C12H8F4N2OS. The normalized spacial score (nSPS) is 11.4. The second-order valence-corrected chi connectivity index (χ2v) is 4.86. The summed E-state index contributed by atoms with van der Waals surface area (Å²) in [5.41, 5.74) is -0.143. The molecule has 0 aliphatic rings. The van der Waals surface area contributed by atoms with E-state index in [2.05, 4.69) is 10.3 Å². The number of amides is 1. The Labute approximate surface area is 115 Å². The first kappa shape index (κ1) is 14.4. The standard InChI is InChI=1S/C12H8F4N2OS/c1-6-9(20-11(17-6)12(14,15)16)10(19)18-8-5-3-2-4-7(8)13/h2-5H,1H3,(H,18,19). The molecule has 2 rings (SSSR count). The first-order valence-electron chi connectivity index (χ1n) is 5.39. The molecule has 1 aromatic carbocycles. The fraction of sp³-hybridized carbons (Fsp3) is 0.167. The van der Waals surface area contributed by atoms with Crippen LogP contribution >= 0.6 is 11.3 Å². The highest BCUT2D eigenvalue weighted by molar-refractivity contribution is 7.14. The van der Waals surface area contributed by atoms with E-state index in [1.807, 2.05) is 0 Å². The van der Waals surface area contributed by atoms with E-state index in [1.54, 1.807) is 0 Å². The van der Waals surface area contributed by atoms with Crippen LogP contribution in [0.2, 0.25) is 0 Å². The summed E-state index contributed by atoms with van der Waals surface area (Å²) in [7, 11) is 0. The molecular weight excluding hydrogens is 296 g/mol. The maximum Gasteiger partial charge on any atom is 0.443 e. The quantitative estimate of drug-likeness (QED) is 0.856. The molecule has 1 N–H and O–H groups in total. The molecule has 0 fully saturated rings. The molecule has 0 saturated heterocycles. The van der Waals surface area contributed by atoms with Gasteiger partial charge in [0, 0.05) is 0 Å². The Bertz CT molecular complexity index is 651. The summed E-state index contributed by atoms with van der Waals surface area (Å²) in [6.45, 7) is 1.29. The second kappa shape index (κ2) is 5.20. The first-order valence-corrected chi connectivity index (χ1v) is 6.21. The second-order valence-electron chi connectivity index (χ2n) is 3.87. The van der Waals surface area contributed by atoms with Gasteiger partial charge in [-0.2, -0.15) is 13.2 Å². The molecule has 0 bridgehead atoms. The van der Waals surface area contributed by atoms with Gasteiger partial charge in [0.15, 0.2) is 5.01 Å². The summed E-state index contributed by atoms with van der Waals surface area (Å²) in [4.78, 5) is 15.0. The number of aryl methyl sites for hydroxylation is 1. The number of anilines is 1. The van der Waals surface area contributed by atoms with E-state index in [4.69, 9.17) is 0 Å². The Hall–Kier alpha value is -1.96. The van der Waals surface area contributed by atoms with Crippen molar-refractivity contribution in [3.63, 3.8) is 0 Å². The smallest absolute Gasteiger partial charge is 0.319 e. The number of benzene rings is 1. The van der Waals surface area contributed by atoms with Crippen LogP contribution in [-0.4, -0.2) is 10.9 Å². The summed E-state index contributed by atoms with van der Waals surface area (Å²) in [6, 6.07) is 5.38. The lowest BCUT2D eigenvalue weighted by molar-refractivity contribution is -0.137. The van der Waals surface area contributed by atoms with Crippen LogP contribution in [0.5, 0.6) is 0 Å². The predicted octanol–water partition coefficient (Wildman–Crippen LogP) is 3.86. The Morgan fingerprint density at radius 3 is 2.50 bits per heavy atom. The number of rotatable bonds is 2. The van der Waals surface area contributed by atoms with Gasteiger partial charge in [-0.1, -0.05) is 12.1 Å². The number of nitrogens with one attached hydrogen (secondary N) is 1. The topological polar surface area (TPSA) is 42.0 Å². The van der Waals surface area contributed by atoms with E-state index in [0.29, 0.717) is 0 Å². The number of alkyl halides is 3. The molecule has 1 heterocycles. The molecule has 2 aromatic rings. The van der Waals surface area contributed by atoms with Crippen LogP contribution in [0.25, 0.3) is 0 Å². The molecule has 0 spiro atoms. The number of thiazole rings is 1. The first-order chi connectivity index (χ1) is 9.29. The van der Waals surface area contributed by atoms with Crippen LogP contribution in [0.15, 0.2) is 24.3 Å². The summed E-state index contributed by atoms with van der Waals surface area (Å²) in [6.07, 6.45) is -4.61. The van der Waals surface area contributed by atoms with E-state index >= 15 is 0 Å². The summed E-state index contributed by atoms with van der Waals surface area (Å²) >= 11 is 0.229. The monoisotopic (exact) mass is 304 g/mol. The maximum absolute atomic E-state index is 13.4. The highest BCUT2D eigenvalue weighted by Crippen LogP contribution is 2.34. The van der Waals surface area contributed by atoms with E-state index in [1.165, 1.54) is 25.1 Å². The average molecular weight is 304 g/mol. The molecule has 0 aliphatic carbocycles. The lowest BCUT2D eigenvalue weighted by Crippen LogP contribution is -2.12. The molecule has 106 valence electrons. The van der Waals surface area contributed by atoms with Crippen molar-refractivity contribution in [2.45, 2.75) is 13.1 Å². The van der Waals surface area contributed by atoms with Crippen molar-refractivity contribution in [3.05, 3.63) is 45.7 Å². The third kappa shape index (κ3) is 2.96. The zero-order valence-corrected chi connectivity index (χ0v) is 10.9. The van der Waals surface area contributed by atoms with E-state index in [-0.39, 0.29) is 27.6 Å². The van der Waals surface area contributed by atoms with E-state index in [9.17, 15) is 22.4 Å². The summed E-state index contributed by atoms with van der Waals surface area (Å²) in [5, 5.41) is 1.12. The minimum absolute atomic E-state index is 0.0452. The highest BCUT2D eigenvalue weighted by atomic mass is 32.1. The van der Waals surface area contributed by atoms with Crippen molar-refractivity contribution < 1.29 is 22.4 Å². The zero-order chi connectivity index (χ0) is 14.9. The Balaban J connectivity index is 2.27. The summed E-state index contributed by atoms with van der Waals surface area (Å²) in [5.74, 6) is -1.49. The third-order valence-corrected chi connectivity index (χ3v) is 3.57. The van der Waals surface area contributed by atoms with Gasteiger partial charge in [-0.25, -0.2) is 9.37 Å². The van der Waals surface area contributed by atoms with Crippen molar-refractivity contribution in [3.8, 4) is 0 Å². The zero-order valence-electron chi connectivity index (χ0n) is 10.1. The average Bonchev–Trinajstić information content (AvgIpc) is 2.74. The van der Waals surface area contributed by atoms with Crippen molar-refractivity contribution in [2.24, 2.45) is 0 Å². The van der Waals surface area contributed by atoms with E-state index in [0.717, 1.165) is 6.07 Å². The van der Waals surface area contributed by atoms with Crippen molar-refractivity contribution in [1.82, 2.24) is 4.98 Å². The van der Waals surface area contributed by atoms with Crippen molar-refractivity contribution in [2.75, 3.05) is 5.32 Å². The lowest BCUT2D eigenvalue weighted by Gasteiger charge is -2.04. The highest BCUT2D eigenvalue weighted by Gasteiger charge is 2.36. The van der Waals surface area contributed by atoms with Gasteiger partial charge in [-0.3, -0.25) is 4.79 Å². The molecule has 0 saturated carbocycles. The molecule has 0 radical (unpaired) electrons. The van der Waals surface area contributed by atoms with E-state index < -0.39 is 22.9 Å². The largest absolute Gasteiger partial charge is 0.443 e.